The molecule has 1 atom stereocenters. The van der Waals surface area contributed by atoms with E-state index in [4.69, 9.17) is 4.74 Å². The molecule has 0 unspecified atom stereocenters. The lowest BCUT2D eigenvalue weighted by molar-refractivity contribution is -0.200. The van der Waals surface area contributed by atoms with Crippen LogP contribution >= 0.6 is 0 Å². The second-order valence-electron chi connectivity index (χ2n) is 10.6. The molecule has 0 saturated heterocycles. The van der Waals surface area contributed by atoms with Crippen molar-refractivity contribution in [2.45, 2.75) is 61.6 Å². The third kappa shape index (κ3) is 6.25. The van der Waals surface area contributed by atoms with E-state index in [-0.39, 0.29) is 18.7 Å². The number of ether oxygens (including phenoxy) is 1. The van der Waals surface area contributed by atoms with Crippen LogP contribution in [-0.2, 0) is 21.0 Å². The summed E-state index contributed by atoms with van der Waals surface area (Å²) in [6.07, 6.45) is -8.46. The molecular weight excluding hydrogens is 585 g/mol. The van der Waals surface area contributed by atoms with Gasteiger partial charge in [-0.05, 0) is 31.5 Å². The van der Waals surface area contributed by atoms with Crippen LogP contribution in [0.2, 0.25) is 0 Å². The third-order valence-electron chi connectivity index (χ3n) is 7.36. The van der Waals surface area contributed by atoms with Crippen LogP contribution in [0.15, 0.2) is 47.4 Å². The van der Waals surface area contributed by atoms with Gasteiger partial charge in [0.25, 0.3) is 5.92 Å². The number of para-hydroxylation sites is 1. The number of benzene rings is 2. The van der Waals surface area contributed by atoms with Crippen LogP contribution < -0.4 is 9.64 Å². The second kappa shape index (κ2) is 10.3. The number of sulfonamides is 1. The minimum absolute atomic E-state index is 0.266. The largest absolute Gasteiger partial charge is 0.492 e. The van der Waals surface area contributed by atoms with Crippen molar-refractivity contribution in [3.63, 3.8) is 0 Å². The fraction of sp³-hybridized carbons (Fsp3) is 0.500. The summed E-state index contributed by atoms with van der Waals surface area (Å²) in [7, 11) is -3.49. The van der Waals surface area contributed by atoms with Crippen LogP contribution in [0.1, 0.15) is 38.2 Å². The summed E-state index contributed by atoms with van der Waals surface area (Å²) >= 11 is 0. The maximum absolute atomic E-state index is 14.3. The van der Waals surface area contributed by atoms with E-state index >= 15 is 0 Å². The van der Waals surface area contributed by atoms with E-state index in [0.717, 1.165) is 11.4 Å². The molecule has 2 aromatic rings. The summed E-state index contributed by atoms with van der Waals surface area (Å²) in [6.45, 7) is -0.660. The van der Waals surface area contributed by atoms with Crippen LogP contribution in [0, 0.1) is 5.41 Å². The summed E-state index contributed by atoms with van der Waals surface area (Å²) in [5, 5.41) is 9.47. The van der Waals surface area contributed by atoms with Gasteiger partial charge in [0.15, 0.2) is 0 Å². The van der Waals surface area contributed by atoms with Crippen molar-refractivity contribution >= 4 is 27.4 Å². The standard InChI is InChI=1S/C26H27F7N2O5S/c1-23(27,28)9-8-17-12-35(16-6-4-3-5-7-16)19-10-18(26(31,32)33)20(11-21(19)41(38,39)34(17)2)40-15-24(22(36)37)13-25(29,30)14-24/h3-7,10-11,17H,8-9,12-15H2,1-2H3,(H,36,37)/t17-/m1/s1. The Morgan fingerprint density at radius 3 is 2.22 bits per heavy atom. The molecule has 1 fully saturated rings. The van der Waals surface area contributed by atoms with Gasteiger partial charge in [0, 0.05) is 50.7 Å². The number of anilines is 2. The molecular formula is C26H27F7N2O5S. The number of carbonyl (C=O) groups is 1. The van der Waals surface area contributed by atoms with E-state index in [1.54, 1.807) is 18.2 Å². The van der Waals surface area contributed by atoms with Crippen molar-refractivity contribution in [2.24, 2.45) is 5.41 Å². The Bertz CT molecular complexity index is 1400. The Balaban J connectivity index is 1.86. The number of carboxylic acids is 1. The van der Waals surface area contributed by atoms with E-state index in [9.17, 15) is 49.1 Å². The number of rotatable bonds is 8. The van der Waals surface area contributed by atoms with Gasteiger partial charge in [0.2, 0.25) is 15.9 Å². The fourth-order valence-electron chi connectivity index (χ4n) is 5.10. The van der Waals surface area contributed by atoms with E-state index in [0.29, 0.717) is 19.1 Å². The number of alkyl halides is 7. The highest BCUT2D eigenvalue weighted by Gasteiger charge is 2.62. The molecule has 2 aliphatic rings. The summed E-state index contributed by atoms with van der Waals surface area (Å²) in [4.78, 5) is 12.3. The third-order valence-corrected chi connectivity index (χ3v) is 9.30. The van der Waals surface area contributed by atoms with Gasteiger partial charge in [-0.2, -0.15) is 17.5 Å². The number of hydrogen-bond donors (Lipinski definition) is 1. The molecule has 1 aliphatic carbocycles. The minimum atomic E-state index is -5.13. The highest BCUT2D eigenvalue weighted by Crippen LogP contribution is 2.53. The number of likely N-dealkylation sites (N-methyl/N-ethyl adjacent to an activating group) is 1. The second-order valence-corrected chi connectivity index (χ2v) is 12.6. The summed E-state index contributed by atoms with van der Waals surface area (Å²) < 4.78 is 131. The average molecular weight is 613 g/mol. The molecule has 4 rings (SSSR count). The lowest BCUT2D eigenvalue weighted by atomic mass is 9.66. The first kappa shape index (κ1) is 30.9. The number of hydrogen-bond acceptors (Lipinski definition) is 5. The molecule has 41 heavy (non-hydrogen) atoms. The van der Waals surface area contributed by atoms with E-state index < -0.39 is 93.2 Å². The first-order chi connectivity index (χ1) is 18.8. The average Bonchev–Trinajstić information content (AvgIpc) is 2.91. The number of halogens is 7. The first-order valence-electron chi connectivity index (χ1n) is 12.4. The molecule has 1 saturated carbocycles. The molecule has 7 nitrogen and oxygen atoms in total. The van der Waals surface area contributed by atoms with E-state index in [1.807, 2.05) is 0 Å². The molecule has 0 spiro atoms. The Kier molecular flexibility index (Phi) is 7.78. The van der Waals surface area contributed by atoms with Crippen molar-refractivity contribution in [3.8, 4) is 5.75 Å². The number of aliphatic carboxylic acids is 1. The van der Waals surface area contributed by atoms with Gasteiger partial charge in [0.1, 0.15) is 22.7 Å². The van der Waals surface area contributed by atoms with Crippen LogP contribution in [-0.4, -0.2) is 61.9 Å². The Labute approximate surface area is 231 Å². The molecule has 0 aromatic heterocycles. The van der Waals surface area contributed by atoms with Gasteiger partial charge in [-0.25, -0.2) is 26.0 Å². The van der Waals surface area contributed by atoms with Crippen LogP contribution in [0.25, 0.3) is 0 Å². The lowest BCUT2D eigenvalue weighted by Crippen LogP contribution is -2.54. The monoisotopic (exact) mass is 612 g/mol. The highest BCUT2D eigenvalue weighted by molar-refractivity contribution is 7.89. The van der Waals surface area contributed by atoms with Crippen molar-refractivity contribution in [2.75, 3.05) is 25.1 Å². The SMILES string of the molecule is CN1[C@H](CCC(C)(F)F)CN(c2ccccc2)c2cc(C(F)(F)F)c(OCC3(C(=O)O)CC(F)(F)C3)cc2S1(=O)=O. The van der Waals surface area contributed by atoms with E-state index in [2.05, 4.69) is 0 Å². The zero-order valence-corrected chi connectivity index (χ0v) is 22.7. The zero-order chi connectivity index (χ0) is 30.6. The van der Waals surface area contributed by atoms with Crippen molar-refractivity contribution in [3.05, 3.63) is 48.0 Å². The predicted molar refractivity (Wildman–Crippen MR) is 133 cm³/mol. The van der Waals surface area contributed by atoms with Crippen LogP contribution in [0.3, 0.4) is 0 Å². The molecule has 1 N–H and O–H groups in total. The van der Waals surface area contributed by atoms with Crippen molar-refractivity contribution in [1.82, 2.24) is 4.31 Å². The molecule has 0 radical (unpaired) electrons. The number of carboxylic acid groups (broad SMARTS) is 1. The maximum atomic E-state index is 14.3. The number of fused-ring (bicyclic) bond motifs is 1. The topological polar surface area (TPSA) is 87.2 Å². The van der Waals surface area contributed by atoms with E-state index in [1.165, 1.54) is 17.0 Å². The summed E-state index contributed by atoms with van der Waals surface area (Å²) in [5.74, 6) is -9.22. The molecule has 0 bridgehead atoms. The van der Waals surface area contributed by atoms with Crippen LogP contribution in [0.4, 0.5) is 42.1 Å². The molecule has 2 aromatic carbocycles. The normalized spacial score (nSPS) is 21.9. The van der Waals surface area contributed by atoms with Crippen LogP contribution in [0.5, 0.6) is 5.75 Å². The van der Waals surface area contributed by atoms with Crippen molar-refractivity contribution < 1.29 is 53.8 Å². The number of nitrogens with zero attached hydrogens (tertiary/aromatic N) is 2. The van der Waals surface area contributed by atoms with Gasteiger partial charge < -0.3 is 14.7 Å². The van der Waals surface area contributed by atoms with Gasteiger partial charge in [-0.3, -0.25) is 4.79 Å². The Morgan fingerprint density at radius 1 is 1.10 bits per heavy atom. The predicted octanol–water partition coefficient (Wildman–Crippen LogP) is 6.16. The minimum Gasteiger partial charge on any atom is -0.492 e. The Morgan fingerprint density at radius 2 is 1.71 bits per heavy atom. The fourth-order valence-corrected chi connectivity index (χ4v) is 6.66. The first-order valence-corrected chi connectivity index (χ1v) is 13.9. The van der Waals surface area contributed by atoms with Gasteiger partial charge >= 0.3 is 12.1 Å². The zero-order valence-electron chi connectivity index (χ0n) is 21.9. The smallest absolute Gasteiger partial charge is 0.420 e. The lowest BCUT2D eigenvalue weighted by Gasteiger charge is -2.43. The van der Waals surface area contributed by atoms with Gasteiger partial charge in [-0.1, -0.05) is 18.2 Å². The molecule has 1 aliphatic heterocycles. The molecule has 226 valence electrons. The van der Waals surface area contributed by atoms with Crippen molar-refractivity contribution in [1.29, 1.82) is 0 Å². The summed E-state index contributed by atoms with van der Waals surface area (Å²) in [6, 6.07) is 7.82. The van der Waals surface area contributed by atoms with Gasteiger partial charge in [0.05, 0.1) is 11.3 Å². The van der Waals surface area contributed by atoms with Gasteiger partial charge in [-0.15, -0.1) is 0 Å². The quantitative estimate of drug-likeness (QED) is 0.360. The molecule has 0 amide bonds. The Hall–Kier alpha value is -3.07. The molecule has 15 heteroatoms. The summed E-state index contributed by atoms with van der Waals surface area (Å²) in [5.41, 5.74) is -3.74. The molecule has 1 heterocycles. The maximum Gasteiger partial charge on any atom is 0.420 e. The highest BCUT2D eigenvalue weighted by atomic mass is 32.2.